The van der Waals surface area contributed by atoms with E-state index in [1.807, 2.05) is 6.92 Å². The molecule has 2 bridgehead atoms. The number of ether oxygens (including phenoxy) is 1. The number of rotatable bonds is 8. The lowest BCUT2D eigenvalue weighted by atomic mass is 9.95. The maximum Gasteiger partial charge on any atom is 0.239 e. The lowest BCUT2D eigenvalue weighted by molar-refractivity contribution is -0.120. The number of carbonyl (C=O) groups excluding carboxylic acids is 1. The number of carbonyl (C=O) groups is 1. The molecule has 2 aliphatic carbocycles. The molecule has 6 nitrogen and oxygen atoms in total. The Bertz CT molecular complexity index is 1050. The average molecular weight is 443 g/mol. The Morgan fingerprint density at radius 1 is 1.10 bits per heavy atom. The third-order valence-corrected chi connectivity index (χ3v) is 8.21. The van der Waals surface area contributed by atoms with Crippen molar-refractivity contribution < 1.29 is 17.9 Å². The summed E-state index contributed by atoms with van der Waals surface area (Å²) < 4.78 is 32.2. The van der Waals surface area contributed by atoms with E-state index in [-0.39, 0.29) is 34.0 Å². The number of amides is 1. The first-order chi connectivity index (χ1) is 14.9. The Morgan fingerprint density at radius 3 is 2.52 bits per heavy atom. The van der Waals surface area contributed by atoms with E-state index in [1.54, 1.807) is 49.4 Å². The molecule has 7 heteroatoms. The van der Waals surface area contributed by atoms with Crippen LogP contribution in [0.5, 0.6) is 5.75 Å². The van der Waals surface area contributed by atoms with Gasteiger partial charge in [-0.25, -0.2) is 8.42 Å². The van der Waals surface area contributed by atoms with E-state index < -0.39 is 9.84 Å². The minimum Gasteiger partial charge on any atom is -0.490 e. The van der Waals surface area contributed by atoms with Crippen LogP contribution >= 0.6 is 0 Å². The van der Waals surface area contributed by atoms with Crippen LogP contribution in [0.4, 0.5) is 5.69 Å². The van der Waals surface area contributed by atoms with Gasteiger partial charge in [-0.15, -0.1) is 0 Å². The summed E-state index contributed by atoms with van der Waals surface area (Å²) >= 11 is 0. The molecule has 2 saturated carbocycles. The Morgan fingerprint density at radius 2 is 1.87 bits per heavy atom. The van der Waals surface area contributed by atoms with Crippen molar-refractivity contribution in [2.45, 2.75) is 55.4 Å². The predicted molar refractivity (Wildman–Crippen MR) is 120 cm³/mol. The molecule has 2 aliphatic rings. The van der Waals surface area contributed by atoms with E-state index >= 15 is 0 Å². The summed E-state index contributed by atoms with van der Waals surface area (Å²) in [5.41, 5.74) is 1.49. The van der Waals surface area contributed by atoms with E-state index in [0.29, 0.717) is 18.2 Å². The highest BCUT2D eigenvalue weighted by Crippen LogP contribution is 2.44. The van der Waals surface area contributed by atoms with E-state index in [9.17, 15) is 13.2 Å². The number of nitrogens with one attached hydrogen (secondary N) is 2. The fourth-order valence-electron chi connectivity index (χ4n) is 4.86. The summed E-state index contributed by atoms with van der Waals surface area (Å²) in [5.74, 6) is 1.54. The van der Waals surface area contributed by atoms with E-state index in [2.05, 4.69) is 10.6 Å². The molecule has 0 saturated heterocycles. The summed E-state index contributed by atoms with van der Waals surface area (Å²) in [6.45, 7) is 4.10. The van der Waals surface area contributed by atoms with Crippen molar-refractivity contribution in [1.29, 1.82) is 0 Å². The molecule has 0 radical (unpaired) electrons. The molecule has 0 heterocycles. The van der Waals surface area contributed by atoms with Gasteiger partial charge in [-0.1, -0.05) is 30.2 Å². The fourth-order valence-corrected chi connectivity index (χ4v) is 6.28. The van der Waals surface area contributed by atoms with Crippen LogP contribution in [-0.2, 0) is 14.6 Å². The zero-order valence-electron chi connectivity index (χ0n) is 18.1. The van der Waals surface area contributed by atoms with Crippen molar-refractivity contribution in [2.24, 2.45) is 11.8 Å². The standard InChI is InChI=1S/C24H30N2O4S/c1-3-30-24-20(25-15-23(27)26-21-14-17-9-10-18(21)13-17)5-4-6-22(24)31(28,29)19-11-7-16(2)8-12-19/h4-8,11-12,17-18,21,25H,3,9-10,13-15H2,1-2H3,(H,26,27). The topological polar surface area (TPSA) is 84.5 Å². The lowest BCUT2D eigenvalue weighted by Crippen LogP contribution is -2.41. The quantitative estimate of drug-likeness (QED) is 0.647. The number of anilines is 1. The van der Waals surface area contributed by atoms with Gasteiger partial charge in [0.2, 0.25) is 15.7 Å². The van der Waals surface area contributed by atoms with Crippen molar-refractivity contribution in [3.05, 3.63) is 48.0 Å². The monoisotopic (exact) mass is 442 g/mol. The number of hydrogen-bond acceptors (Lipinski definition) is 5. The van der Waals surface area contributed by atoms with Crippen LogP contribution in [0.1, 0.15) is 38.2 Å². The second-order valence-electron chi connectivity index (χ2n) is 8.58. The van der Waals surface area contributed by atoms with Crippen molar-refractivity contribution in [3.8, 4) is 5.75 Å². The zero-order chi connectivity index (χ0) is 22.0. The van der Waals surface area contributed by atoms with Crippen LogP contribution in [0, 0.1) is 18.8 Å². The lowest BCUT2D eigenvalue weighted by Gasteiger charge is -2.23. The molecule has 2 aromatic rings. The Kier molecular flexibility index (Phi) is 6.23. The second-order valence-corrected chi connectivity index (χ2v) is 10.5. The molecule has 2 fully saturated rings. The molecule has 166 valence electrons. The van der Waals surface area contributed by atoms with Crippen molar-refractivity contribution in [1.82, 2.24) is 5.32 Å². The first kappa shape index (κ1) is 21.7. The summed E-state index contributed by atoms with van der Waals surface area (Å²) in [6, 6.07) is 12.0. The summed E-state index contributed by atoms with van der Waals surface area (Å²) in [5, 5.41) is 6.23. The van der Waals surface area contributed by atoms with Gasteiger partial charge in [0.05, 0.1) is 23.7 Å². The molecule has 0 spiro atoms. The fraction of sp³-hybridized carbons (Fsp3) is 0.458. The van der Waals surface area contributed by atoms with Crippen LogP contribution < -0.4 is 15.4 Å². The molecular formula is C24H30N2O4S. The summed E-state index contributed by atoms with van der Waals surface area (Å²) in [6.07, 6.45) is 4.79. The first-order valence-corrected chi connectivity index (χ1v) is 12.5. The molecule has 3 unspecified atom stereocenters. The van der Waals surface area contributed by atoms with Gasteiger partial charge in [0, 0.05) is 6.04 Å². The first-order valence-electron chi connectivity index (χ1n) is 11.0. The van der Waals surface area contributed by atoms with Crippen LogP contribution in [0.25, 0.3) is 0 Å². The molecule has 1 amide bonds. The zero-order valence-corrected chi connectivity index (χ0v) is 18.9. The van der Waals surface area contributed by atoms with Gasteiger partial charge in [-0.3, -0.25) is 4.79 Å². The van der Waals surface area contributed by atoms with Gasteiger partial charge >= 0.3 is 0 Å². The van der Waals surface area contributed by atoms with E-state index in [0.717, 1.165) is 17.9 Å². The number of aryl methyl sites for hydroxylation is 1. The van der Waals surface area contributed by atoms with E-state index in [1.165, 1.54) is 19.3 Å². The minimum absolute atomic E-state index is 0.0714. The van der Waals surface area contributed by atoms with Gasteiger partial charge < -0.3 is 15.4 Å². The van der Waals surface area contributed by atoms with Gasteiger partial charge in [0.15, 0.2) is 5.75 Å². The molecule has 2 aromatic carbocycles. The molecule has 2 N–H and O–H groups in total. The van der Waals surface area contributed by atoms with Gasteiger partial charge in [0.25, 0.3) is 0 Å². The number of para-hydroxylation sites is 1. The normalized spacial score (nSPS) is 22.3. The average Bonchev–Trinajstić information content (AvgIpc) is 3.36. The number of benzene rings is 2. The second kappa shape index (κ2) is 8.91. The maximum absolute atomic E-state index is 13.2. The van der Waals surface area contributed by atoms with Gasteiger partial charge in [-0.2, -0.15) is 0 Å². The summed E-state index contributed by atoms with van der Waals surface area (Å²) in [4.78, 5) is 12.8. The number of sulfone groups is 1. The van der Waals surface area contributed by atoms with Crippen molar-refractivity contribution in [2.75, 3.05) is 18.5 Å². The predicted octanol–water partition coefficient (Wildman–Crippen LogP) is 3.94. The molecule has 0 aliphatic heterocycles. The number of fused-ring (bicyclic) bond motifs is 2. The Labute approximate surface area is 184 Å². The summed E-state index contributed by atoms with van der Waals surface area (Å²) in [7, 11) is -3.76. The molecular weight excluding hydrogens is 412 g/mol. The van der Waals surface area contributed by atoms with Crippen LogP contribution in [0.2, 0.25) is 0 Å². The highest BCUT2D eigenvalue weighted by molar-refractivity contribution is 7.91. The Hall–Kier alpha value is -2.54. The molecule has 31 heavy (non-hydrogen) atoms. The van der Waals surface area contributed by atoms with Crippen molar-refractivity contribution in [3.63, 3.8) is 0 Å². The van der Waals surface area contributed by atoms with Crippen LogP contribution in [0.3, 0.4) is 0 Å². The van der Waals surface area contributed by atoms with Crippen LogP contribution in [0.15, 0.2) is 52.3 Å². The SMILES string of the molecule is CCOc1c(NCC(=O)NC2CC3CCC2C3)cccc1S(=O)(=O)c1ccc(C)cc1. The molecule has 0 aromatic heterocycles. The highest BCUT2D eigenvalue weighted by atomic mass is 32.2. The highest BCUT2D eigenvalue weighted by Gasteiger charge is 2.40. The van der Waals surface area contributed by atoms with Gasteiger partial charge in [0.1, 0.15) is 4.90 Å². The molecule has 4 rings (SSSR count). The largest absolute Gasteiger partial charge is 0.490 e. The van der Waals surface area contributed by atoms with Gasteiger partial charge in [-0.05, 0) is 69.2 Å². The maximum atomic E-state index is 13.2. The molecule has 3 atom stereocenters. The van der Waals surface area contributed by atoms with E-state index in [4.69, 9.17) is 4.74 Å². The van der Waals surface area contributed by atoms with Crippen molar-refractivity contribution >= 4 is 21.4 Å². The van der Waals surface area contributed by atoms with Crippen LogP contribution in [-0.4, -0.2) is 33.5 Å². The third kappa shape index (κ3) is 4.56. The Balaban J connectivity index is 1.51. The third-order valence-electron chi connectivity index (χ3n) is 6.41. The number of hydrogen-bond donors (Lipinski definition) is 2. The smallest absolute Gasteiger partial charge is 0.239 e. The minimum atomic E-state index is -3.76.